The first-order valence-electron chi connectivity index (χ1n) is 9.71. The molecule has 2 amide bonds. The van der Waals surface area contributed by atoms with E-state index in [1.54, 1.807) is 4.90 Å². The highest BCUT2D eigenvalue weighted by molar-refractivity contribution is 5.94. The third-order valence-electron chi connectivity index (χ3n) is 5.14. The van der Waals surface area contributed by atoms with Crippen LogP contribution in [-0.4, -0.2) is 34.3 Å². The molecule has 27 heavy (non-hydrogen) atoms. The van der Waals surface area contributed by atoms with Crippen LogP contribution in [0.4, 0.5) is 5.69 Å². The quantitative estimate of drug-likeness (QED) is 0.782. The SMILES string of the molecule is CCCCC(=O)Nc1ccc2[nH]cc(CCC(=O)N3CCC[C@H]3C#N)c2c1. The van der Waals surface area contributed by atoms with E-state index in [4.69, 9.17) is 5.26 Å². The second kappa shape index (κ2) is 8.72. The fraction of sp³-hybridized carbons (Fsp3) is 0.476. The number of carbonyl (C=O) groups excluding carboxylic acids is 2. The summed E-state index contributed by atoms with van der Waals surface area (Å²) in [5.41, 5.74) is 2.82. The Morgan fingerprint density at radius 1 is 1.37 bits per heavy atom. The van der Waals surface area contributed by atoms with Gasteiger partial charge in [-0.1, -0.05) is 13.3 Å². The molecule has 0 spiro atoms. The van der Waals surface area contributed by atoms with E-state index < -0.39 is 0 Å². The smallest absolute Gasteiger partial charge is 0.224 e. The number of nitrogens with zero attached hydrogens (tertiary/aromatic N) is 2. The lowest BCUT2D eigenvalue weighted by Gasteiger charge is -2.19. The molecular formula is C21H26N4O2. The normalized spacial score (nSPS) is 16.4. The number of hydrogen-bond acceptors (Lipinski definition) is 3. The van der Waals surface area contributed by atoms with E-state index in [1.807, 2.05) is 24.4 Å². The summed E-state index contributed by atoms with van der Waals surface area (Å²) < 4.78 is 0. The van der Waals surface area contributed by atoms with E-state index in [0.29, 0.717) is 25.8 Å². The highest BCUT2D eigenvalue weighted by Crippen LogP contribution is 2.25. The third-order valence-corrected chi connectivity index (χ3v) is 5.14. The standard InChI is InChI=1S/C21H26N4O2/c1-2-3-6-20(26)24-16-8-9-19-18(12-16)15(14-23-19)7-10-21(27)25-11-4-5-17(25)13-22/h8-9,12,14,17,23H,2-7,10-11H2,1H3,(H,24,26)/t17-/m0/s1. The number of aromatic nitrogens is 1. The van der Waals surface area contributed by atoms with Crippen LogP contribution in [0.2, 0.25) is 0 Å². The number of hydrogen-bond donors (Lipinski definition) is 2. The van der Waals surface area contributed by atoms with E-state index >= 15 is 0 Å². The molecule has 3 rings (SSSR count). The largest absolute Gasteiger partial charge is 0.361 e. The van der Waals surface area contributed by atoms with Crippen LogP contribution in [-0.2, 0) is 16.0 Å². The summed E-state index contributed by atoms with van der Waals surface area (Å²) in [4.78, 5) is 29.4. The number of aryl methyl sites for hydroxylation is 1. The van der Waals surface area contributed by atoms with Crippen molar-refractivity contribution in [2.24, 2.45) is 0 Å². The zero-order valence-electron chi connectivity index (χ0n) is 15.8. The maximum atomic E-state index is 12.5. The van der Waals surface area contributed by atoms with Crippen molar-refractivity contribution in [3.63, 3.8) is 0 Å². The number of unbranched alkanes of at least 4 members (excludes halogenated alkanes) is 1. The lowest BCUT2D eigenvalue weighted by atomic mass is 10.1. The number of fused-ring (bicyclic) bond motifs is 1. The minimum atomic E-state index is -0.273. The van der Waals surface area contributed by atoms with Gasteiger partial charge in [0, 0.05) is 42.2 Å². The maximum Gasteiger partial charge on any atom is 0.224 e. The third kappa shape index (κ3) is 4.48. The van der Waals surface area contributed by atoms with Crippen LogP contribution in [0, 0.1) is 11.3 Å². The second-order valence-electron chi connectivity index (χ2n) is 7.10. The van der Waals surface area contributed by atoms with Crippen molar-refractivity contribution in [1.29, 1.82) is 5.26 Å². The minimum absolute atomic E-state index is 0.0278. The first kappa shape index (κ1) is 19.0. The molecule has 1 aliphatic rings. The van der Waals surface area contributed by atoms with Crippen LogP contribution in [0.15, 0.2) is 24.4 Å². The van der Waals surface area contributed by atoms with Crippen molar-refractivity contribution in [1.82, 2.24) is 9.88 Å². The number of anilines is 1. The molecule has 1 fully saturated rings. The van der Waals surface area contributed by atoms with E-state index in [1.165, 1.54) is 0 Å². The molecule has 0 bridgehead atoms. The second-order valence-corrected chi connectivity index (χ2v) is 7.10. The van der Waals surface area contributed by atoms with Gasteiger partial charge in [-0.2, -0.15) is 5.26 Å². The van der Waals surface area contributed by atoms with Crippen LogP contribution >= 0.6 is 0 Å². The molecule has 2 heterocycles. The highest BCUT2D eigenvalue weighted by Gasteiger charge is 2.28. The van der Waals surface area contributed by atoms with Crippen molar-refractivity contribution < 1.29 is 9.59 Å². The first-order valence-corrected chi connectivity index (χ1v) is 9.71. The predicted octanol–water partition coefficient (Wildman–Crippen LogP) is 3.74. The number of rotatable bonds is 7. The predicted molar refractivity (Wildman–Crippen MR) is 105 cm³/mol. The highest BCUT2D eigenvalue weighted by atomic mass is 16.2. The van der Waals surface area contributed by atoms with Crippen LogP contribution in [0.5, 0.6) is 0 Å². The molecule has 1 aromatic heterocycles. The summed E-state index contributed by atoms with van der Waals surface area (Å²) in [6.45, 7) is 2.74. The average Bonchev–Trinajstić information content (AvgIpc) is 3.31. The summed E-state index contributed by atoms with van der Waals surface area (Å²) in [5.74, 6) is 0.0671. The van der Waals surface area contributed by atoms with Crippen molar-refractivity contribution in [3.8, 4) is 6.07 Å². The molecule has 0 saturated carbocycles. The first-order chi connectivity index (χ1) is 13.1. The van der Waals surface area contributed by atoms with Crippen molar-refractivity contribution in [2.45, 2.75) is 57.9 Å². The Morgan fingerprint density at radius 2 is 2.22 bits per heavy atom. The monoisotopic (exact) mass is 366 g/mol. The lowest BCUT2D eigenvalue weighted by Crippen LogP contribution is -2.34. The van der Waals surface area contributed by atoms with Crippen molar-refractivity contribution >= 4 is 28.4 Å². The number of carbonyl (C=O) groups is 2. The van der Waals surface area contributed by atoms with Gasteiger partial charge in [-0.05, 0) is 49.4 Å². The molecule has 1 atom stereocenters. The number of H-pyrrole nitrogens is 1. The van der Waals surface area contributed by atoms with Gasteiger partial charge in [0.05, 0.1) is 6.07 Å². The molecule has 6 heteroatoms. The van der Waals surface area contributed by atoms with Crippen LogP contribution in [0.3, 0.4) is 0 Å². The van der Waals surface area contributed by atoms with Gasteiger partial charge in [-0.15, -0.1) is 0 Å². The molecule has 142 valence electrons. The topological polar surface area (TPSA) is 89.0 Å². The Hall–Kier alpha value is -2.81. The minimum Gasteiger partial charge on any atom is -0.361 e. The molecule has 0 radical (unpaired) electrons. The molecule has 1 aromatic carbocycles. The summed E-state index contributed by atoms with van der Waals surface area (Å²) in [7, 11) is 0. The molecule has 1 aliphatic heterocycles. The average molecular weight is 366 g/mol. The van der Waals surface area contributed by atoms with Gasteiger partial charge in [0.25, 0.3) is 0 Å². The van der Waals surface area contributed by atoms with Gasteiger partial charge in [0.1, 0.15) is 6.04 Å². The van der Waals surface area contributed by atoms with Crippen LogP contribution in [0.1, 0.15) is 51.0 Å². The number of benzene rings is 1. The van der Waals surface area contributed by atoms with Gasteiger partial charge in [-0.3, -0.25) is 9.59 Å². The number of aromatic amines is 1. The fourth-order valence-corrected chi connectivity index (χ4v) is 3.61. The number of amides is 2. The molecule has 0 aliphatic carbocycles. The molecule has 1 saturated heterocycles. The summed E-state index contributed by atoms with van der Waals surface area (Å²) in [5, 5.41) is 13.1. The Morgan fingerprint density at radius 3 is 3.00 bits per heavy atom. The number of likely N-dealkylation sites (tertiary alicyclic amines) is 1. The molecule has 2 N–H and O–H groups in total. The van der Waals surface area contributed by atoms with E-state index in [9.17, 15) is 9.59 Å². The Kier molecular flexibility index (Phi) is 6.12. The summed E-state index contributed by atoms with van der Waals surface area (Å²) >= 11 is 0. The maximum absolute atomic E-state index is 12.5. The van der Waals surface area contributed by atoms with E-state index in [-0.39, 0.29) is 17.9 Å². The van der Waals surface area contributed by atoms with Gasteiger partial charge in [0.15, 0.2) is 0 Å². The van der Waals surface area contributed by atoms with Gasteiger partial charge < -0.3 is 15.2 Å². The molecular weight excluding hydrogens is 340 g/mol. The Labute approximate surface area is 159 Å². The zero-order valence-corrected chi connectivity index (χ0v) is 15.8. The Bertz CT molecular complexity index is 865. The lowest BCUT2D eigenvalue weighted by molar-refractivity contribution is -0.131. The van der Waals surface area contributed by atoms with Gasteiger partial charge in [-0.25, -0.2) is 0 Å². The molecule has 2 aromatic rings. The van der Waals surface area contributed by atoms with Gasteiger partial charge >= 0.3 is 0 Å². The Balaban J connectivity index is 1.66. The molecule has 0 unspecified atom stereocenters. The molecule has 6 nitrogen and oxygen atoms in total. The van der Waals surface area contributed by atoms with Crippen molar-refractivity contribution in [2.75, 3.05) is 11.9 Å². The number of nitriles is 1. The van der Waals surface area contributed by atoms with Crippen LogP contribution < -0.4 is 5.32 Å². The van der Waals surface area contributed by atoms with E-state index in [0.717, 1.165) is 47.8 Å². The van der Waals surface area contributed by atoms with Crippen molar-refractivity contribution in [3.05, 3.63) is 30.0 Å². The summed E-state index contributed by atoms with van der Waals surface area (Å²) in [6, 6.07) is 7.74. The van der Waals surface area contributed by atoms with Crippen LogP contribution in [0.25, 0.3) is 10.9 Å². The number of nitrogens with one attached hydrogen (secondary N) is 2. The van der Waals surface area contributed by atoms with Gasteiger partial charge in [0.2, 0.25) is 11.8 Å². The fourth-order valence-electron chi connectivity index (χ4n) is 3.61. The summed E-state index contributed by atoms with van der Waals surface area (Å²) in [6.07, 6.45) is 7.00. The van der Waals surface area contributed by atoms with E-state index in [2.05, 4.69) is 23.3 Å². The zero-order chi connectivity index (χ0) is 19.2.